The van der Waals surface area contributed by atoms with Crippen molar-refractivity contribution in [3.05, 3.63) is 101 Å². The topological polar surface area (TPSA) is 9.86 Å². The van der Waals surface area contributed by atoms with Crippen LogP contribution in [0.15, 0.2) is 72.8 Å². The first-order chi connectivity index (χ1) is 25.8. The van der Waals surface area contributed by atoms with Gasteiger partial charge in [0.15, 0.2) is 0 Å². The van der Waals surface area contributed by atoms with E-state index in [2.05, 4.69) is 165 Å². The smallest absolute Gasteiger partial charge is 0.333 e. The summed E-state index contributed by atoms with van der Waals surface area (Å²) in [5.41, 5.74) is 20.0. The van der Waals surface area contributed by atoms with E-state index in [0.717, 1.165) is 0 Å². The zero-order valence-electron chi connectivity index (χ0n) is 35.5. The van der Waals surface area contributed by atoms with E-state index in [-0.39, 0.29) is 28.5 Å². The fraction of sp³-hybridized carbons (Fsp3) is 0.423. The number of hydrogen-bond donors (Lipinski definition) is 0. The molecule has 0 amide bonds. The Morgan fingerprint density at radius 2 is 1.02 bits per heavy atom. The number of hydrogen-bond acceptors (Lipinski definition) is 0. The monoisotopic (exact) mass is 722 g/mol. The molecule has 0 bridgehead atoms. The highest BCUT2D eigenvalue weighted by Crippen LogP contribution is 2.48. The summed E-state index contributed by atoms with van der Waals surface area (Å²) in [4.78, 5) is 0. The van der Waals surface area contributed by atoms with Crippen LogP contribution in [0.3, 0.4) is 0 Å². The van der Waals surface area contributed by atoms with Gasteiger partial charge in [0.2, 0.25) is 0 Å². The second kappa shape index (κ2) is 11.2. The molecule has 7 aromatic rings. The minimum atomic E-state index is -0.00142. The molecule has 55 heavy (non-hydrogen) atoms. The predicted molar refractivity (Wildman–Crippen MR) is 240 cm³/mol. The summed E-state index contributed by atoms with van der Waals surface area (Å²) in [6.07, 6.45) is 6.61. The summed E-state index contributed by atoms with van der Waals surface area (Å²) in [5, 5.41) is 5.58. The van der Waals surface area contributed by atoms with Gasteiger partial charge in [-0.15, -0.1) is 0 Å². The number of benzene rings is 5. The van der Waals surface area contributed by atoms with Crippen LogP contribution in [0.25, 0.3) is 60.4 Å². The Morgan fingerprint density at radius 1 is 0.491 bits per heavy atom. The molecule has 3 aliphatic rings. The molecule has 2 aromatic heterocycles. The molecule has 4 heterocycles. The van der Waals surface area contributed by atoms with Crippen LogP contribution in [0.5, 0.6) is 0 Å². The fourth-order valence-corrected chi connectivity index (χ4v) is 10.5. The third-order valence-corrected chi connectivity index (χ3v) is 13.9. The molecular weight excluding hydrogens is 663 g/mol. The normalized spacial score (nSPS) is 16.3. The van der Waals surface area contributed by atoms with Gasteiger partial charge in [-0.1, -0.05) is 127 Å². The van der Waals surface area contributed by atoms with Gasteiger partial charge in [-0.2, -0.15) is 0 Å². The molecule has 2 nitrogen and oxygen atoms in total. The van der Waals surface area contributed by atoms with Gasteiger partial charge in [-0.3, -0.25) is 0 Å². The summed E-state index contributed by atoms with van der Waals surface area (Å²) < 4.78 is 5.49. The lowest BCUT2D eigenvalue weighted by atomic mass is 9.45. The second-order valence-corrected chi connectivity index (χ2v) is 21.8. The van der Waals surface area contributed by atoms with Gasteiger partial charge in [0.05, 0.1) is 11.0 Å². The molecule has 0 saturated heterocycles. The van der Waals surface area contributed by atoms with E-state index in [1.165, 1.54) is 131 Å². The standard InChI is InChI=1S/C52H59BN2/c1-49(2,3)32-18-20-43-36(24-32)40-28-35(52(10,11)12)29-42-48(40)54(43)45-23-31(30-16-14-13-15-17-30)22-38-41-27-34(51(7,8)9)26-39-37-25-33(50(4,5)6)19-21-44(37)55(47(39)41)53(42)46(38)45/h18-30H,13-17H2,1-12H3. The van der Waals surface area contributed by atoms with Gasteiger partial charge in [0.25, 0.3) is 0 Å². The average molecular weight is 723 g/mol. The van der Waals surface area contributed by atoms with Gasteiger partial charge in [0.1, 0.15) is 0 Å². The largest absolute Gasteiger partial charge is 0.375 e. The van der Waals surface area contributed by atoms with E-state index < -0.39 is 0 Å². The Morgan fingerprint density at radius 3 is 1.62 bits per heavy atom. The minimum absolute atomic E-state index is 0.00142. The Kier molecular flexibility index (Phi) is 7.17. The zero-order valence-corrected chi connectivity index (χ0v) is 35.5. The maximum Gasteiger partial charge on any atom is 0.333 e. The molecule has 1 fully saturated rings. The van der Waals surface area contributed by atoms with Gasteiger partial charge in [-0.05, 0) is 133 Å². The third kappa shape index (κ3) is 5.06. The summed E-state index contributed by atoms with van der Waals surface area (Å²) in [6, 6.07) is 30.4. The van der Waals surface area contributed by atoms with Crippen LogP contribution in [-0.2, 0) is 21.7 Å². The Balaban J connectivity index is 1.43. The number of fused-ring (bicyclic) bond motifs is 10. The van der Waals surface area contributed by atoms with Gasteiger partial charge in [0, 0.05) is 43.8 Å². The molecule has 3 heteroatoms. The molecule has 280 valence electrons. The van der Waals surface area contributed by atoms with Crippen molar-refractivity contribution in [2.75, 3.05) is 0 Å². The highest BCUT2D eigenvalue weighted by Gasteiger charge is 2.43. The van der Waals surface area contributed by atoms with Crippen molar-refractivity contribution in [2.24, 2.45) is 0 Å². The summed E-state index contributed by atoms with van der Waals surface area (Å²) in [6.45, 7) is 28.5. The van der Waals surface area contributed by atoms with Crippen molar-refractivity contribution < 1.29 is 0 Å². The van der Waals surface area contributed by atoms with Crippen LogP contribution in [0.1, 0.15) is 149 Å². The van der Waals surface area contributed by atoms with E-state index in [1.54, 1.807) is 0 Å². The van der Waals surface area contributed by atoms with Gasteiger partial charge in [-0.25, -0.2) is 0 Å². The zero-order chi connectivity index (χ0) is 38.7. The van der Waals surface area contributed by atoms with Crippen LogP contribution < -0.4 is 10.9 Å². The molecule has 0 radical (unpaired) electrons. The SMILES string of the molecule is CC(C)(C)c1ccc2c(c1)c1cc(C(C)(C)C)cc3c1n2B1c2c-3cc(C3CCCCC3)cc2-n2c3ccc(C(C)(C)C)cc3c3cc(C(C)(C)C)cc1c32. The van der Waals surface area contributed by atoms with E-state index in [4.69, 9.17) is 0 Å². The number of nitrogens with zero attached hydrogens (tertiary/aromatic N) is 2. The van der Waals surface area contributed by atoms with Gasteiger partial charge < -0.3 is 9.05 Å². The Labute approximate surface area is 329 Å². The first-order valence-electron chi connectivity index (χ1n) is 21.2. The van der Waals surface area contributed by atoms with Crippen LogP contribution in [0.4, 0.5) is 0 Å². The van der Waals surface area contributed by atoms with E-state index >= 15 is 0 Å². The van der Waals surface area contributed by atoms with E-state index in [1.807, 2.05) is 0 Å². The van der Waals surface area contributed by atoms with Crippen LogP contribution in [0.2, 0.25) is 0 Å². The lowest BCUT2D eigenvalue weighted by Gasteiger charge is -2.36. The first-order valence-corrected chi connectivity index (χ1v) is 21.2. The highest BCUT2D eigenvalue weighted by atomic mass is 15.0. The van der Waals surface area contributed by atoms with Crippen molar-refractivity contribution in [1.82, 2.24) is 9.05 Å². The molecule has 0 N–H and O–H groups in total. The molecule has 0 spiro atoms. The minimum Gasteiger partial charge on any atom is -0.375 e. The van der Waals surface area contributed by atoms with Crippen molar-refractivity contribution in [3.8, 4) is 16.8 Å². The van der Waals surface area contributed by atoms with Crippen molar-refractivity contribution in [2.45, 2.75) is 143 Å². The molecule has 5 aromatic carbocycles. The van der Waals surface area contributed by atoms with E-state index in [0.29, 0.717) is 5.92 Å². The fourth-order valence-electron chi connectivity index (χ4n) is 10.5. The first kappa shape index (κ1) is 35.2. The Hall–Kier alpha value is -4.24. The van der Waals surface area contributed by atoms with Crippen molar-refractivity contribution in [3.63, 3.8) is 0 Å². The average Bonchev–Trinajstić information content (AvgIpc) is 3.63. The second-order valence-electron chi connectivity index (χ2n) is 21.8. The molecule has 10 rings (SSSR count). The molecule has 1 saturated carbocycles. The molecule has 0 unspecified atom stereocenters. The number of aromatic nitrogens is 2. The summed E-state index contributed by atoms with van der Waals surface area (Å²) >= 11 is 0. The van der Waals surface area contributed by atoms with Crippen LogP contribution in [-0.4, -0.2) is 15.9 Å². The van der Waals surface area contributed by atoms with Crippen molar-refractivity contribution in [1.29, 1.82) is 0 Å². The maximum atomic E-state index is 2.79. The number of rotatable bonds is 1. The predicted octanol–water partition coefficient (Wildman–Crippen LogP) is 13.1. The van der Waals surface area contributed by atoms with Crippen molar-refractivity contribution >= 4 is 61.4 Å². The molecule has 0 atom stereocenters. The van der Waals surface area contributed by atoms with Crippen LogP contribution >= 0.6 is 0 Å². The maximum absolute atomic E-state index is 2.79. The summed E-state index contributed by atoms with van der Waals surface area (Å²) in [7, 11) is 0. The van der Waals surface area contributed by atoms with Gasteiger partial charge >= 0.3 is 6.85 Å². The third-order valence-electron chi connectivity index (χ3n) is 13.9. The van der Waals surface area contributed by atoms with E-state index in [9.17, 15) is 0 Å². The highest BCUT2D eigenvalue weighted by molar-refractivity contribution is 6.90. The quantitative estimate of drug-likeness (QED) is 0.149. The lowest BCUT2D eigenvalue weighted by molar-refractivity contribution is 0.443. The Bertz CT molecular complexity index is 2770. The molecule has 1 aliphatic carbocycles. The molecule has 2 aliphatic heterocycles. The molecular formula is C52H59BN2. The van der Waals surface area contributed by atoms with Crippen LogP contribution in [0, 0.1) is 0 Å². The summed E-state index contributed by atoms with van der Waals surface area (Å²) in [5.74, 6) is 0.603. The lowest BCUT2D eigenvalue weighted by Crippen LogP contribution is -2.55.